The Morgan fingerprint density at radius 3 is 1.96 bits per heavy atom. The Balaban J connectivity index is 1.35. The van der Waals surface area contributed by atoms with Crippen LogP contribution in [0.1, 0.15) is 70.3 Å². The summed E-state index contributed by atoms with van der Waals surface area (Å²) in [5.74, 6) is 3.38. The molecule has 0 aliphatic heterocycles. The molecular weight excluding hydrogens is 295 g/mol. The van der Waals surface area contributed by atoms with Crippen LogP contribution in [0.5, 0.6) is 0 Å². The molecule has 2 fully saturated rings. The van der Waals surface area contributed by atoms with Crippen LogP contribution in [0.3, 0.4) is 0 Å². The molecule has 0 heterocycles. The minimum absolute atomic E-state index is 0.126. The summed E-state index contributed by atoms with van der Waals surface area (Å²) in [6.45, 7) is 2.40. The van der Waals surface area contributed by atoms with Crippen molar-refractivity contribution in [3.63, 3.8) is 0 Å². The van der Waals surface area contributed by atoms with Gasteiger partial charge in [-0.05, 0) is 92.7 Å². The highest BCUT2D eigenvalue weighted by molar-refractivity contribution is 5.16. The van der Waals surface area contributed by atoms with Crippen molar-refractivity contribution >= 4 is 0 Å². The van der Waals surface area contributed by atoms with E-state index < -0.39 is 0 Å². The van der Waals surface area contributed by atoms with Gasteiger partial charge in [0.15, 0.2) is 0 Å². The molecule has 1 aromatic carbocycles. The summed E-state index contributed by atoms with van der Waals surface area (Å²) in [6.07, 6.45) is 18.6. The quantitative estimate of drug-likeness (QED) is 0.513. The third kappa shape index (κ3) is 5.46. The molecule has 0 amide bonds. The average molecular weight is 329 g/mol. The van der Waals surface area contributed by atoms with Crippen LogP contribution in [-0.2, 0) is 6.42 Å². The lowest BCUT2D eigenvalue weighted by Gasteiger charge is -2.28. The molecule has 3 rings (SSSR count). The van der Waals surface area contributed by atoms with Gasteiger partial charge in [0.1, 0.15) is 5.82 Å². The highest BCUT2D eigenvalue weighted by Crippen LogP contribution is 2.34. The van der Waals surface area contributed by atoms with Gasteiger partial charge in [0.05, 0.1) is 0 Å². The minimum Gasteiger partial charge on any atom is -0.207 e. The van der Waals surface area contributed by atoms with E-state index in [1.54, 1.807) is 12.1 Å². The molecule has 0 radical (unpaired) electrons. The van der Waals surface area contributed by atoms with E-state index in [2.05, 4.69) is 19.1 Å². The van der Waals surface area contributed by atoms with Crippen molar-refractivity contribution in [2.24, 2.45) is 23.7 Å². The van der Waals surface area contributed by atoms with Crippen LogP contribution in [0.25, 0.3) is 0 Å². The molecular formula is C23H33F. The second-order valence-electron chi connectivity index (χ2n) is 8.35. The van der Waals surface area contributed by atoms with E-state index in [0.29, 0.717) is 0 Å². The molecule has 2 aliphatic carbocycles. The van der Waals surface area contributed by atoms with Crippen molar-refractivity contribution in [2.75, 3.05) is 0 Å². The van der Waals surface area contributed by atoms with Crippen LogP contribution in [0.4, 0.5) is 4.39 Å². The summed E-state index contributed by atoms with van der Waals surface area (Å²) < 4.78 is 12.9. The van der Waals surface area contributed by atoms with Crippen LogP contribution >= 0.6 is 0 Å². The smallest absolute Gasteiger partial charge is 0.123 e. The summed E-state index contributed by atoms with van der Waals surface area (Å²) in [7, 11) is 0. The highest BCUT2D eigenvalue weighted by atomic mass is 19.1. The van der Waals surface area contributed by atoms with Gasteiger partial charge in [-0.15, -0.1) is 0 Å². The third-order valence-corrected chi connectivity index (χ3v) is 6.36. The zero-order chi connectivity index (χ0) is 16.8. The van der Waals surface area contributed by atoms with Crippen LogP contribution in [0.2, 0.25) is 0 Å². The van der Waals surface area contributed by atoms with Gasteiger partial charge < -0.3 is 0 Å². The molecule has 0 nitrogen and oxygen atoms in total. The Morgan fingerprint density at radius 1 is 0.833 bits per heavy atom. The van der Waals surface area contributed by atoms with Crippen LogP contribution < -0.4 is 0 Å². The molecule has 0 N–H and O–H groups in total. The first kappa shape index (κ1) is 17.7. The van der Waals surface area contributed by atoms with Crippen molar-refractivity contribution in [1.29, 1.82) is 0 Å². The Hall–Kier alpha value is -1.11. The van der Waals surface area contributed by atoms with E-state index in [4.69, 9.17) is 0 Å². The topological polar surface area (TPSA) is 0 Å². The molecule has 24 heavy (non-hydrogen) atoms. The Kier molecular flexibility index (Phi) is 6.51. The average Bonchev–Trinajstić information content (AvgIpc) is 2.62. The monoisotopic (exact) mass is 328 g/mol. The number of allylic oxidation sites excluding steroid dienone is 2. The zero-order valence-electron chi connectivity index (χ0n) is 15.2. The molecule has 0 aromatic heterocycles. The SMILES string of the molecule is CC1CCC(C=CC2CCC(CCc3ccc(F)cc3)CC2)CC1. The Morgan fingerprint density at radius 2 is 1.38 bits per heavy atom. The van der Waals surface area contributed by atoms with Gasteiger partial charge >= 0.3 is 0 Å². The van der Waals surface area contributed by atoms with E-state index in [1.165, 1.54) is 63.4 Å². The lowest BCUT2D eigenvalue weighted by molar-refractivity contribution is 0.293. The second-order valence-corrected chi connectivity index (χ2v) is 8.35. The summed E-state index contributed by atoms with van der Waals surface area (Å²) in [4.78, 5) is 0. The maximum atomic E-state index is 12.9. The zero-order valence-corrected chi connectivity index (χ0v) is 15.2. The maximum Gasteiger partial charge on any atom is 0.123 e. The Labute approximate surface area is 147 Å². The molecule has 2 saturated carbocycles. The summed E-state index contributed by atoms with van der Waals surface area (Å²) in [5, 5.41) is 0. The molecule has 0 spiro atoms. The van der Waals surface area contributed by atoms with Crippen molar-refractivity contribution < 1.29 is 4.39 Å². The van der Waals surface area contributed by atoms with Crippen LogP contribution in [0.15, 0.2) is 36.4 Å². The molecule has 1 aromatic rings. The van der Waals surface area contributed by atoms with Crippen LogP contribution in [-0.4, -0.2) is 0 Å². The summed E-state index contributed by atoms with van der Waals surface area (Å²) in [5.41, 5.74) is 1.28. The van der Waals surface area contributed by atoms with Crippen molar-refractivity contribution in [3.05, 3.63) is 47.8 Å². The largest absolute Gasteiger partial charge is 0.207 e. The number of benzene rings is 1. The fraction of sp³-hybridized carbons (Fsp3) is 0.652. The first-order valence-corrected chi connectivity index (χ1v) is 10.1. The number of rotatable bonds is 5. The van der Waals surface area contributed by atoms with Gasteiger partial charge in [0, 0.05) is 0 Å². The van der Waals surface area contributed by atoms with Gasteiger partial charge in [-0.2, -0.15) is 0 Å². The maximum absolute atomic E-state index is 12.9. The highest BCUT2D eigenvalue weighted by Gasteiger charge is 2.20. The number of hydrogen-bond acceptors (Lipinski definition) is 0. The van der Waals surface area contributed by atoms with Crippen molar-refractivity contribution in [1.82, 2.24) is 0 Å². The standard InChI is InChI=1S/C23H33F/c1-18-2-4-19(5-3-18)6-7-20-8-10-21(11-9-20)12-13-22-14-16-23(24)17-15-22/h6-7,14-21H,2-5,8-13H2,1H3. The lowest BCUT2D eigenvalue weighted by atomic mass is 9.78. The number of halogens is 1. The van der Waals surface area contributed by atoms with Crippen LogP contribution in [0, 0.1) is 29.5 Å². The first-order chi connectivity index (χ1) is 11.7. The van der Waals surface area contributed by atoms with E-state index >= 15 is 0 Å². The summed E-state index contributed by atoms with van der Waals surface area (Å²) in [6, 6.07) is 7.05. The fourth-order valence-corrected chi connectivity index (χ4v) is 4.48. The fourth-order valence-electron chi connectivity index (χ4n) is 4.48. The predicted octanol–water partition coefficient (Wildman–Crippen LogP) is 6.95. The van der Waals surface area contributed by atoms with Gasteiger partial charge in [-0.25, -0.2) is 4.39 Å². The van der Waals surface area contributed by atoms with E-state index in [-0.39, 0.29) is 5.82 Å². The minimum atomic E-state index is -0.126. The molecule has 0 atom stereocenters. The van der Waals surface area contributed by atoms with E-state index in [9.17, 15) is 4.39 Å². The summed E-state index contributed by atoms with van der Waals surface area (Å²) >= 11 is 0. The lowest BCUT2D eigenvalue weighted by Crippen LogP contribution is -2.15. The van der Waals surface area contributed by atoms with Crippen molar-refractivity contribution in [2.45, 2.75) is 71.1 Å². The number of hydrogen-bond donors (Lipinski definition) is 0. The molecule has 1 heteroatoms. The molecule has 132 valence electrons. The van der Waals surface area contributed by atoms with Gasteiger partial charge in [0.2, 0.25) is 0 Å². The van der Waals surface area contributed by atoms with Gasteiger partial charge in [0.25, 0.3) is 0 Å². The van der Waals surface area contributed by atoms with E-state index in [1.807, 2.05) is 12.1 Å². The molecule has 0 saturated heterocycles. The molecule has 0 unspecified atom stereocenters. The van der Waals surface area contributed by atoms with E-state index in [0.717, 1.165) is 30.1 Å². The van der Waals surface area contributed by atoms with Crippen molar-refractivity contribution in [3.8, 4) is 0 Å². The third-order valence-electron chi connectivity index (χ3n) is 6.36. The first-order valence-electron chi connectivity index (χ1n) is 10.1. The second kappa shape index (κ2) is 8.83. The molecule has 2 aliphatic rings. The van der Waals surface area contributed by atoms with Gasteiger partial charge in [-0.3, -0.25) is 0 Å². The normalized spacial score (nSPS) is 31.4. The number of aryl methyl sites for hydroxylation is 1. The van der Waals surface area contributed by atoms with Gasteiger partial charge in [-0.1, -0.05) is 44.1 Å². The Bertz CT molecular complexity index is 499. The molecule has 0 bridgehead atoms. The predicted molar refractivity (Wildman–Crippen MR) is 100 cm³/mol.